The smallest absolute Gasteiger partial charge is 0.315 e. The van der Waals surface area contributed by atoms with Gasteiger partial charge in [0.25, 0.3) is 0 Å². The van der Waals surface area contributed by atoms with E-state index < -0.39 is 0 Å². The van der Waals surface area contributed by atoms with Gasteiger partial charge in [-0.15, -0.1) is 0 Å². The molecular weight excluding hydrogens is 268 g/mol. The van der Waals surface area contributed by atoms with Crippen LogP contribution in [0.15, 0.2) is 48.5 Å². The Morgan fingerprint density at radius 1 is 0.905 bits per heavy atom. The largest absolute Gasteiger partial charge is 0.497 e. The van der Waals surface area contributed by atoms with Crippen molar-refractivity contribution in [3.63, 3.8) is 0 Å². The molecule has 0 heterocycles. The number of ketones is 1. The van der Waals surface area contributed by atoms with Crippen LogP contribution in [0.5, 0.6) is 11.5 Å². The third-order valence-electron chi connectivity index (χ3n) is 3.00. The topological polar surface area (TPSA) is 52.6 Å². The van der Waals surface area contributed by atoms with Crippen LogP contribution < -0.4 is 9.47 Å². The summed E-state index contributed by atoms with van der Waals surface area (Å²) in [5.41, 5.74) is 1.44. The third-order valence-corrected chi connectivity index (χ3v) is 3.00. The van der Waals surface area contributed by atoms with Crippen molar-refractivity contribution in [1.29, 1.82) is 0 Å². The lowest BCUT2D eigenvalue weighted by Crippen LogP contribution is -2.11. The summed E-state index contributed by atoms with van der Waals surface area (Å²) in [6, 6.07) is 13.7. The van der Waals surface area contributed by atoms with Gasteiger partial charge in [0.05, 0.1) is 13.5 Å². The molecule has 0 aliphatic rings. The van der Waals surface area contributed by atoms with Crippen LogP contribution >= 0.6 is 0 Å². The van der Waals surface area contributed by atoms with Gasteiger partial charge in [0, 0.05) is 5.56 Å². The maximum Gasteiger partial charge on any atom is 0.315 e. The van der Waals surface area contributed by atoms with E-state index in [9.17, 15) is 9.59 Å². The number of carbonyl (C=O) groups is 2. The van der Waals surface area contributed by atoms with Crippen molar-refractivity contribution >= 4 is 11.8 Å². The molecule has 4 heteroatoms. The van der Waals surface area contributed by atoms with Gasteiger partial charge < -0.3 is 9.47 Å². The standard InChI is InChI=1S/C17H16O4/c1-12(18)14-5-9-16(10-6-14)21-17(19)11-13-3-7-15(20-2)8-4-13/h3-10H,11H2,1-2H3. The van der Waals surface area contributed by atoms with Crippen LogP contribution in [0, 0.1) is 0 Å². The molecule has 0 N–H and O–H groups in total. The van der Waals surface area contributed by atoms with Gasteiger partial charge >= 0.3 is 5.97 Å². The lowest BCUT2D eigenvalue weighted by molar-refractivity contribution is -0.133. The second-order valence-corrected chi connectivity index (χ2v) is 4.58. The molecule has 0 amide bonds. The average Bonchev–Trinajstić information content (AvgIpc) is 2.48. The second-order valence-electron chi connectivity index (χ2n) is 4.58. The SMILES string of the molecule is COc1ccc(CC(=O)Oc2ccc(C(C)=O)cc2)cc1. The molecule has 2 rings (SSSR count). The number of Topliss-reactive ketones (excluding diaryl/α,β-unsaturated/α-hetero) is 1. The van der Waals surface area contributed by atoms with E-state index in [2.05, 4.69) is 0 Å². The molecule has 0 spiro atoms. The average molecular weight is 284 g/mol. The highest BCUT2D eigenvalue weighted by Crippen LogP contribution is 2.15. The highest BCUT2D eigenvalue weighted by atomic mass is 16.5. The fourth-order valence-electron chi connectivity index (χ4n) is 1.84. The Kier molecular flexibility index (Phi) is 4.72. The molecule has 0 aliphatic heterocycles. The number of rotatable bonds is 5. The molecular formula is C17H16O4. The zero-order valence-corrected chi connectivity index (χ0v) is 12.0. The first kappa shape index (κ1) is 14.8. The molecule has 0 saturated heterocycles. The van der Waals surface area contributed by atoms with Crippen LogP contribution in [0.3, 0.4) is 0 Å². The molecule has 0 atom stereocenters. The van der Waals surface area contributed by atoms with E-state index in [1.165, 1.54) is 6.92 Å². The monoisotopic (exact) mass is 284 g/mol. The summed E-state index contributed by atoms with van der Waals surface area (Å²) < 4.78 is 10.3. The Hall–Kier alpha value is -2.62. The molecule has 21 heavy (non-hydrogen) atoms. The molecule has 0 aliphatic carbocycles. The molecule has 0 fully saturated rings. The molecule has 0 radical (unpaired) electrons. The minimum Gasteiger partial charge on any atom is -0.497 e. The van der Waals surface area contributed by atoms with Gasteiger partial charge in [0.1, 0.15) is 11.5 Å². The second kappa shape index (κ2) is 6.70. The molecule has 0 saturated carbocycles. The summed E-state index contributed by atoms with van der Waals surface area (Å²) in [6.45, 7) is 1.49. The molecule has 108 valence electrons. The lowest BCUT2D eigenvalue weighted by atomic mass is 10.1. The van der Waals surface area contributed by atoms with E-state index >= 15 is 0 Å². The lowest BCUT2D eigenvalue weighted by Gasteiger charge is -2.06. The van der Waals surface area contributed by atoms with Crippen molar-refractivity contribution in [2.75, 3.05) is 7.11 Å². The van der Waals surface area contributed by atoms with Gasteiger partial charge in [-0.3, -0.25) is 9.59 Å². The summed E-state index contributed by atoms with van der Waals surface area (Å²) in [5, 5.41) is 0. The van der Waals surface area contributed by atoms with Crippen molar-refractivity contribution in [3.8, 4) is 11.5 Å². The van der Waals surface area contributed by atoms with Crippen LogP contribution in [-0.4, -0.2) is 18.9 Å². The summed E-state index contributed by atoms with van der Waals surface area (Å²) in [7, 11) is 1.59. The van der Waals surface area contributed by atoms with E-state index in [0.717, 1.165) is 11.3 Å². The van der Waals surface area contributed by atoms with Crippen LogP contribution in [0.25, 0.3) is 0 Å². The summed E-state index contributed by atoms with van der Waals surface area (Å²) in [5.74, 6) is 0.798. The Morgan fingerprint density at radius 2 is 1.48 bits per heavy atom. The molecule has 2 aromatic rings. The molecule has 0 bridgehead atoms. The fraction of sp³-hybridized carbons (Fsp3) is 0.176. The summed E-state index contributed by atoms with van der Waals surface area (Å²) >= 11 is 0. The minimum atomic E-state index is -0.351. The Labute approximate surface area is 123 Å². The number of hydrogen-bond donors (Lipinski definition) is 0. The number of ether oxygens (including phenoxy) is 2. The van der Waals surface area contributed by atoms with Gasteiger partial charge in [-0.05, 0) is 48.9 Å². The Bertz CT molecular complexity index is 627. The van der Waals surface area contributed by atoms with E-state index in [-0.39, 0.29) is 18.2 Å². The normalized spacial score (nSPS) is 10.0. The van der Waals surface area contributed by atoms with Crippen molar-refractivity contribution < 1.29 is 19.1 Å². The number of benzene rings is 2. The minimum absolute atomic E-state index is 0.0221. The van der Waals surface area contributed by atoms with Crippen LogP contribution in [0.4, 0.5) is 0 Å². The van der Waals surface area contributed by atoms with Crippen LogP contribution in [-0.2, 0) is 11.2 Å². The van der Waals surface area contributed by atoms with Crippen molar-refractivity contribution in [1.82, 2.24) is 0 Å². The zero-order chi connectivity index (χ0) is 15.2. The summed E-state index contributed by atoms with van der Waals surface area (Å²) in [6.07, 6.45) is 0.179. The molecule has 2 aromatic carbocycles. The fourth-order valence-corrected chi connectivity index (χ4v) is 1.84. The molecule has 0 aromatic heterocycles. The maximum absolute atomic E-state index is 11.8. The van der Waals surface area contributed by atoms with E-state index in [1.807, 2.05) is 12.1 Å². The van der Waals surface area contributed by atoms with Crippen molar-refractivity contribution in [3.05, 3.63) is 59.7 Å². The number of methoxy groups -OCH3 is 1. The maximum atomic E-state index is 11.8. The Balaban J connectivity index is 1.95. The van der Waals surface area contributed by atoms with Gasteiger partial charge in [-0.25, -0.2) is 0 Å². The highest BCUT2D eigenvalue weighted by Gasteiger charge is 2.07. The first-order valence-electron chi connectivity index (χ1n) is 6.53. The van der Waals surface area contributed by atoms with E-state index in [0.29, 0.717) is 11.3 Å². The highest BCUT2D eigenvalue weighted by molar-refractivity contribution is 5.94. The Morgan fingerprint density at radius 3 is 2.00 bits per heavy atom. The van der Waals surface area contributed by atoms with Crippen LogP contribution in [0.1, 0.15) is 22.8 Å². The number of carbonyl (C=O) groups excluding carboxylic acids is 2. The van der Waals surface area contributed by atoms with Crippen molar-refractivity contribution in [2.45, 2.75) is 13.3 Å². The zero-order valence-electron chi connectivity index (χ0n) is 12.0. The molecule has 0 unspecified atom stereocenters. The van der Waals surface area contributed by atoms with Gasteiger partial charge in [0.15, 0.2) is 5.78 Å². The van der Waals surface area contributed by atoms with E-state index in [4.69, 9.17) is 9.47 Å². The first-order chi connectivity index (χ1) is 10.1. The predicted octanol–water partition coefficient (Wildman–Crippen LogP) is 3.05. The van der Waals surface area contributed by atoms with Crippen LogP contribution in [0.2, 0.25) is 0 Å². The summed E-state index contributed by atoms with van der Waals surface area (Å²) in [4.78, 5) is 23.0. The first-order valence-corrected chi connectivity index (χ1v) is 6.53. The van der Waals surface area contributed by atoms with Gasteiger partial charge in [-0.2, -0.15) is 0 Å². The van der Waals surface area contributed by atoms with Crippen molar-refractivity contribution in [2.24, 2.45) is 0 Å². The number of hydrogen-bond acceptors (Lipinski definition) is 4. The number of esters is 1. The van der Waals surface area contributed by atoms with Gasteiger partial charge in [-0.1, -0.05) is 12.1 Å². The van der Waals surface area contributed by atoms with Gasteiger partial charge in [0.2, 0.25) is 0 Å². The van der Waals surface area contributed by atoms with E-state index in [1.54, 1.807) is 43.5 Å². The third kappa shape index (κ3) is 4.18. The predicted molar refractivity (Wildman–Crippen MR) is 78.8 cm³/mol. The molecule has 4 nitrogen and oxygen atoms in total. The quantitative estimate of drug-likeness (QED) is 0.481.